The van der Waals surface area contributed by atoms with Crippen molar-refractivity contribution in [2.24, 2.45) is 0 Å². The summed E-state index contributed by atoms with van der Waals surface area (Å²) in [7, 11) is 0. The van der Waals surface area contributed by atoms with Crippen LogP contribution in [0.4, 0.5) is 4.39 Å². The van der Waals surface area contributed by atoms with Crippen LogP contribution in [0.2, 0.25) is 0 Å². The fourth-order valence-corrected chi connectivity index (χ4v) is 2.02. The van der Waals surface area contributed by atoms with Gasteiger partial charge >= 0.3 is 0 Å². The van der Waals surface area contributed by atoms with Gasteiger partial charge < -0.3 is 10.4 Å². The third-order valence-corrected chi connectivity index (χ3v) is 3.36. The maximum Gasteiger partial charge on any atom is 0.254 e. The molecule has 0 atom stereocenters. The molecule has 0 radical (unpaired) electrons. The van der Waals surface area contributed by atoms with Crippen molar-refractivity contribution in [2.45, 2.75) is 24.9 Å². The van der Waals surface area contributed by atoms with E-state index in [1.165, 1.54) is 6.07 Å². The van der Waals surface area contributed by atoms with Crippen molar-refractivity contribution >= 4 is 21.8 Å². The minimum Gasteiger partial charge on any atom is -0.388 e. The summed E-state index contributed by atoms with van der Waals surface area (Å²) < 4.78 is 13.7. The summed E-state index contributed by atoms with van der Waals surface area (Å²) in [5.41, 5.74) is -0.883. The van der Waals surface area contributed by atoms with Crippen LogP contribution in [0.5, 0.6) is 0 Å². The van der Waals surface area contributed by atoms with Crippen LogP contribution in [-0.4, -0.2) is 28.1 Å². The number of aromatic nitrogens is 1. The second kappa shape index (κ2) is 4.70. The second-order valence-electron chi connectivity index (χ2n) is 4.25. The zero-order valence-electron chi connectivity index (χ0n) is 9.04. The minimum atomic E-state index is -0.809. The quantitative estimate of drug-likeness (QED) is 0.834. The van der Waals surface area contributed by atoms with E-state index in [2.05, 4.69) is 26.2 Å². The summed E-state index contributed by atoms with van der Waals surface area (Å²) in [5.74, 6) is -1.21. The molecular weight excluding hydrogens is 291 g/mol. The third-order valence-electron chi connectivity index (χ3n) is 2.93. The van der Waals surface area contributed by atoms with Gasteiger partial charge in [-0.3, -0.25) is 4.79 Å². The largest absolute Gasteiger partial charge is 0.388 e. The zero-order valence-corrected chi connectivity index (χ0v) is 10.6. The Balaban J connectivity index is 2.01. The van der Waals surface area contributed by atoms with Crippen molar-refractivity contribution < 1.29 is 14.3 Å². The Labute approximate surface area is 106 Å². The summed E-state index contributed by atoms with van der Waals surface area (Å²) in [5, 5.41) is 12.3. The smallest absolute Gasteiger partial charge is 0.254 e. The molecule has 6 heteroatoms. The average molecular weight is 303 g/mol. The number of carbonyl (C=O) groups is 1. The zero-order chi connectivity index (χ0) is 12.5. The van der Waals surface area contributed by atoms with Crippen LogP contribution < -0.4 is 5.32 Å². The van der Waals surface area contributed by atoms with Crippen molar-refractivity contribution in [3.05, 3.63) is 28.2 Å². The maximum absolute atomic E-state index is 13.3. The summed E-state index contributed by atoms with van der Waals surface area (Å²) in [6.45, 7) is 0.158. The molecule has 1 fully saturated rings. The summed E-state index contributed by atoms with van der Waals surface area (Å²) in [4.78, 5) is 15.4. The molecule has 1 saturated carbocycles. The van der Waals surface area contributed by atoms with Crippen LogP contribution in [0.1, 0.15) is 29.6 Å². The number of aliphatic hydroxyl groups is 1. The van der Waals surface area contributed by atoms with Crippen molar-refractivity contribution in [3.63, 3.8) is 0 Å². The molecule has 0 aliphatic heterocycles. The lowest BCUT2D eigenvalue weighted by atomic mass is 9.80. The van der Waals surface area contributed by atoms with Gasteiger partial charge in [-0.05, 0) is 41.3 Å². The number of nitrogens with one attached hydrogen (secondary N) is 1. The first-order chi connectivity index (χ1) is 8.00. The highest BCUT2D eigenvalue weighted by Crippen LogP contribution is 2.30. The predicted octanol–water partition coefficient (Wildman–Crippen LogP) is 1.63. The molecule has 2 N–H and O–H groups in total. The number of amides is 1. The number of rotatable bonds is 3. The van der Waals surface area contributed by atoms with E-state index in [1.54, 1.807) is 0 Å². The fraction of sp³-hybridized carbons (Fsp3) is 0.455. The van der Waals surface area contributed by atoms with Gasteiger partial charge in [-0.15, -0.1) is 0 Å². The molecule has 2 rings (SSSR count). The van der Waals surface area contributed by atoms with E-state index >= 15 is 0 Å². The molecule has 4 nitrogen and oxygen atoms in total. The van der Waals surface area contributed by atoms with Crippen LogP contribution >= 0.6 is 15.9 Å². The van der Waals surface area contributed by atoms with E-state index in [0.717, 1.165) is 12.6 Å². The summed E-state index contributed by atoms with van der Waals surface area (Å²) in [6, 6.07) is 1.31. The number of hydrogen-bond acceptors (Lipinski definition) is 3. The number of hydrogen-bond donors (Lipinski definition) is 2. The molecule has 1 aromatic rings. The maximum atomic E-state index is 13.3. The van der Waals surface area contributed by atoms with E-state index in [0.29, 0.717) is 17.4 Å². The highest BCUT2D eigenvalue weighted by Gasteiger charge is 2.34. The Bertz CT molecular complexity index is 449. The van der Waals surface area contributed by atoms with Gasteiger partial charge in [0.05, 0.1) is 17.4 Å². The third kappa shape index (κ3) is 2.81. The molecule has 92 valence electrons. The number of halogens is 2. The molecule has 0 unspecified atom stereocenters. The molecule has 17 heavy (non-hydrogen) atoms. The lowest BCUT2D eigenvalue weighted by Crippen LogP contribution is -2.47. The number of pyridine rings is 1. The van der Waals surface area contributed by atoms with Crippen LogP contribution in [0, 0.1) is 5.82 Å². The SMILES string of the molecule is O=C(NCC1(O)CCC1)c1cc(Br)ncc1F. The molecule has 1 amide bonds. The van der Waals surface area contributed by atoms with Crippen molar-refractivity contribution in [3.8, 4) is 0 Å². The number of nitrogens with zero attached hydrogens (tertiary/aromatic N) is 1. The van der Waals surface area contributed by atoms with E-state index in [4.69, 9.17) is 0 Å². The Hall–Kier alpha value is -1.01. The van der Waals surface area contributed by atoms with Crippen LogP contribution in [-0.2, 0) is 0 Å². The lowest BCUT2D eigenvalue weighted by molar-refractivity contribution is -0.0300. The molecule has 0 saturated heterocycles. The Kier molecular flexibility index (Phi) is 3.44. The standard InChI is InChI=1S/C11H12BrFN2O2/c12-9-4-7(8(13)5-14-9)10(16)15-6-11(17)2-1-3-11/h4-5,17H,1-3,6H2,(H,15,16). The second-order valence-corrected chi connectivity index (χ2v) is 5.06. The number of carbonyl (C=O) groups excluding carboxylic acids is 1. The summed E-state index contributed by atoms with van der Waals surface area (Å²) in [6.07, 6.45) is 3.30. The molecule has 0 spiro atoms. The Morgan fingerprint density at radius 1 is 1.65 bits per heavy atom. The van der Waals surface area contributed by atoms with E-state index in [9.17, 15) is 14.3 Å². The van der Waals surface area contributed by atoms with Crippen molar-refractivity contribution in [2.75, 3.05) is 6.54 Å². The van der Waals surface area contributed by atoms with Gasteiger partial charge in [0.15, 0.2) is 5.82 Å². The molecule has 1 aliphatic rings. The molecule has 1 aromatic heterocycles. The van der Waals surface area contributed by atoms with Gasteiger partial charge in [0.2, 0.25) is 0 Å². The monoisotopic (exact) mass is 302 g/mol. The first-order valence-electron chi connectivity index (χ1n) is 5.32. The topological polar surface area (TPSA) is 62.2 Å². The fourth-order valence-electron chi connectivity index (χ4n) is 1.69. The highest BCUT2D eigenvalue weighted by atomic mass is 79.9. The summed E-state index contributed by atoms with van der Waals surface area (Å²) >= 11 is 3.07. The normalized spacial score (nSPS) is 17.4. The van der Waals surface area contributed by atoms with E-state index < -0.39 is 17.3 Å². The Morgan fingerprint density at radius 3 is 2.94 bits per heavy atom. The van der Waals surface area contributed by atoms with Crippen LogP contribution in [0.25, 0.3) is 0 Å². The van der Waals surface area contributed by atoms with Gasteiger partial charge in [-0.1, -0.05) is 0 Å². The first-order valence-corrected chi connectivity index (χ1v) is 6.11. The Morgan fingerprint density at radius 2 is 2.35 bits per heavy atom. The minimum absolute atomic E-state index is 0.0743. The van der Waals surface area contributed by atoms with Gasteiger partial charge in [-0.25, -0.2) is 9.37 Å². The van der Waals surface area contributed by atoms with Gasteiger partial charge in [0.25, 0.3) is 5.91 Å². The molecule has 1 heterocycles. The van der Waals surface area contributed by atoms with Crippen LogP contribution in [0.15, 0.2) is 16.9 Å². The van der Waals surface area contributed by atoms with Gasteiger partial charge in [-0.2, -0.15) is 0 Å². The van der Waals surface area contributed by atoms with E-state index in [-0.39, 0.29) is 12.1 Å². The predicted molar refractivity (Wildman–Crippen MR) is 63.0 cm³/mol. The first kappa shape index (κ1) is 12.4. The molecule has 0 aromatic carbocycles. The van der Waals surface area contributed by atoms with Gasteiger partial charge in [0.1, 0.15) is 4.60 Å². The van der Waals surface area contributed by atoms with Crippen molar-refractivity contribution in [1.29, 1.82) is 0 Å². The molecular formula is C11H12BrFN2O2. The van der Waals surface area contributed by atoms with Gasteiger partial charge in [0, 0.05) is 6.54 Å². The van der Waals surface area contributed by atoms with E-state index in [1.807, 2.05) is 0 Å². The molecule has 1 aliphatic carbocycles. The highest BCUT2D eigenvalue weighted by molar-refractivity contribution is 9.10. The average Bonchev–Trinajstić information content (AvgIpc) is 2.26. The molecule has 0 bridgehead atoms. The van der Waals surface area contributed by atoms with Crippen LogP contribution in [0.3, 0.4) is 0 Å². The van der Waals surface area contributed by atoms with Crippen molar-refractivity contribution in [1.82, 2.24) is 10.3 Å². The lowest BCUT2D eigenvalue weighted by Gasteiger charge is -2.36.